The fraction of sp³-hybridized carbons (Fsp3) is 0.611. The largest absolute Gasteiger partial charge is 0.343 e. The highest BCUT2D eigenvalue weighted by Crippen LogP contribution is 2.13. The molecule has 0 radical (unpaired) electrons. The topological polar surface area (TPSA) is 32.3 Å². The molecule has 21 heavy (non-hydrogen) atoms. The van der Waals surface area contributed by atoms with Crippen molar-refractivity contribution in [2.24, 2.45) is 0 Å². The smallest absolute Gasteiger partial charge is 0.219 e. The van der Waals surface area contributed by atoms with Crippen LogP contribution in [0.1, 0.15) is 44.2 Å². The molecular formula is C18H28N2O. The van der Waals surface area contributed by atoms with E-state index in [4.69, 9.17) is 0 Å². The van der Waals surface area contributed by atoms with Gasteiger partial charge in [-0.05, 0) is 45.1 Å². The van der Waals surface area contributed by atoms with Gasteiger partial charge in [-0.3, -0.25) is 4.79 Å². The normalized spacial score (nSPS) is 17.8. The standard InChI is InChI=1S/C18H28N2O/c1-14-5-4-6-17(13-14)8-7-15(2)19-18-9-11-20(12-10-18)16(3)21/h4-6,13,15,18-19H,7-12H2,1-3H3. The number of rotatable bonds is 5. The van der Waals surface area contributed by atoms with Gasteiger partial charge < -0.3 is 10.2 Å². The van der Waals surface area contributed by atoms with Gasteiger partial charge >= 0.3 is 0 Å². The maximum atomic E-state index is 11.3. The lowest BCUT2D eigenvalue weighted by Gasteiger charge is -2.33. The van der Waals surface area contributed by atoms with Gasteiger partial charge in [0.25, 0.3) is 0 Å². The van der Waals surface area contributed by atoms with Crippen LogP contribution in [0.4, 0.5) is 0 Å². The number of carbonyl (C=O) groups is 1. The minimum absolute atomic E-state index is 0.209. The zero-order chi connectivity index (χ0) is 15.2. The second kappa shape index (κ2) is 7.60. The number of piperidine rings is 1. The van der Waals surface area contributed by atoms with Crippen molar-refractivity contribution < 1.29 is 4.79 Å². The zero-order valence-corrected chi connectivity index (χ0v) is 13.6. The third-order valence-electron chi connectivity index (χ3n) is 4.41. The lowest BCUT2D eigenvalue weighted by Crippen LogP contribution is -2.46. The van der Waals surface area contributed by atoms with Crippen LogP contribution in [0.3, 0.4) is 0 Å². The highest BCUT2D eigenvalue weighted by Gasteiger charge is 2.21. The molecule has 1 aliphatic rings. The van der Waals surface area contributed by atoms with Gasteiger partial charge in [-0.2, -0.15) is 0 Å². The average Bonchev–Trinajstić information content (AvgIpc) is 2.46. The van der Waals surface area contributed by atoms with E-state index < -0.39 is 0 Å². The number of nitrogens with one attached hydrogen (secondary N) is 1. The van der Waals surface area contributed by atoms with Gasteiger partial charge in [0, 0.05) is 32.1 Å². The number of likely N-dealkylation sites (tertiary alicyclic amines) is 1. The number of nitrogens with zero attached hydrogens (tertiary/aromatic N) is 1. The first-order valence-electron chi connectivity index (χ1n) is 8.11. The lowest BCUT2D eigenvalue weighted by molar-refractivity contribution is -0.129. The molecule has 1 atom stereocenters. The van der Waals surface area contributed by atoms with Crippen molar-refractivity contribution in [3.8, 4) is 0 Å². The minimum atomic E-state index is 0.209. The molecule has 3 heteroatoms. The molecule has 0 aliphatic carbocycles. The van der Waals surface area contributed by atoms with Crippen molar-refractivity contribution in [1.82, 2.24) is 10.2 Å². The molecule has 0 saturated carbocycles. The van der Waals surface area contributed by atoms with Crippen LogP contribution in [0.15, 0.2) is 24.3 Å². The van der Waals surface area contributed by atoms with Crippen molar-refractivity contribution in [3.63, 3.8) is 0 Å². The monoisotopic (exact) mass is 288 g/mol. The first-order valence-corrected chi connectivity index (χ1v) is 8.11. The lowest BCUT2D eigenvalue weighted by atomic mass is 10.0. The van der Waals surface area contributed by atoms with Crippen LogP contribution in [-0.2, 0) is 11.2 Å². The van der Waals surface area contributed by atoms with E-state index >= 15 is 0 Å². The Balaban J connectivity index is 1.70. The molecule has 1 fully saturated rings. The fourth-order valence-corrected chi connectivity index (χ4v) is 3.10. The summed E-state index contributed by atoms with van der Waals surface area (Å²) in [5.74, 6) is 0.209. The molecule has 3 nitrogen and oxygen atoms in total. The molecule has 0 aromatic heterocycles. The van der Waals surface area contributed by atoms with Gasteiger partial charge in [-0.1, -0.05) is 29.8 Å². The van der Waals surface area contributed by atoms with E-state index in [1.54, 1.807) is 6.92 Å². The molecule has 116 valence electrons. The van der Waals surface area contributed by atoms with Gasteiger partial charge in [0.05, 0.1) is 0 Å². The highest BCUT2D eigenvalue weighted by atomic mass is 16.2. The summed E-state index contributed by atoms with van der Waals surface area (Å²) in [6, 6.07) is 9.87. The molecule has 1 saturated heterocycles. The van der Waals surface area contributed by atoms with Crippen molar-refractivity contribution in [1.29, 1.82) is 0 Å². The summed E-state index contributed by atoms with van der Waals surface area (Å²) in [5.41, 5.74) is 2.76. The van der Waals surface area contributed by atoms with Crippen LogP contribution >= 0.6 is 0 Å². The molecule has 1 heterocycles. The number of aryl methyl sites for hydroxylation is 2. The van der Waals surface area contributed by atoms with E-state index in [-0.39, 0.29) is 5.91 Å². The van der Waals surface area contributed by atoms with Gasteiger partial charge in [-0.25, -0.2) is 0 Å². The molecule has 1 unspecified atom stereocenters. The molecule has 0 spiro atoms. The molecule has 1 aliphatic heterocycles. The van der Waals surface area contributed by atoms with E-state index in [0.717, 1.165) is 38.8 Å². The van der Waals surface area contributed by atoms with E-state index in [2.05, 4.69) is 43.4 Å². The molecule has 1 aromatic carbocycles. The molecule has 2 rings (SSSR count). The number of benzene rings is 1. The molecular weight excluding hydrogens is 260 g/mol. The summed E-state index contributed by atoms with van der Waals surface area (Å²) in [5, 5.41) is 3.73. The van der Waals surface area contributed by atoms with Gasteiger partial charge in [0.15, 0.2) is 0 Å². The quantitative estimate of drug-likeness (QED) is 0.903. The van der Waals surface area contributed by atoms with Crippen molar-refractivity contribution >= 4 is 5.91 Å². The first-order chi connectivity index (χ1) is 10.0. The summed E-state index contributed by atoms with van der Waals surface area (Å²) >= 11 is 0. The van der Waals surface area contributed by atoms with Crippen molar-refractivity contribution in [2.45, 2.75) is 58.5 Å². The summed E-state index contributed by atoms with van der Waals surface area (Å²) in [4.78, 5) is 13.3. The average molecular weight is 288 g/mol. The van der Waals surface area contributed by atoms with Crippen LogP contribution < -0.4 is 5.32 Å². The van der Waals surface area contributed by atoms with E-state index in [1.165, 1.54) is 11.1 Å². The molecule has 1 amide bonds. The SMILES string of the molecule is CC(=O)N1CCC(NC(C)CCc2cccc(C)c2)CC1. The summed E-state index contributed by atoms with van der Waals surface area (Å²) in [6.45, 7) is 7.88. The Morgan fingerprint density at radius 3 is 2.71 bits per heavy atom. The number of hydrogen-bond donors (Lipinski definition) is 1. The molecule has 1 N–H and O–H groups in total. The van der Waals surface area contributed by atoms with E-state index in [1.807, 2.05) is 4.90 Å². The Morgan fingerprint density at radius 1 is 1.38 bits per heavy atom. The Morgan fingerprint density at radius 2 is 2.10 bits per heavy atom. The highest BCUT2D eigenvalue weighted by molar-refractivity contribution is 5.73. The van der Waals surface area contributed by atoms with Crippen LogP contribution in [0.2, 0.25) is 0 Å². The second-order valence-electron chi connectivity index (χ2n) is 6.38. The Kier molecular flexibility index (Phi) is 5.80. The number of amides is 1. The Hall–Kier alpha value is -1.35. The Labute approximate surface area is 128 Å². The predicted molar refractivity (Wildman–Crippen MR) is 87.4 cm³/mol. The van der Waals surface area contributed by atoms with Crippen LogP contribution in [-0.4, -0.2) is 36.0 Å². The maximum absolute atomic E-state index is 11.3. The van der Waals surface area contributed by atoms with E-state index in [0.29, 0.717) is 12.1 Å². The van der Waals surface area contributed by atoms with Gasteiger partial charge in [0.1, 0.15) is 0 Å². The van der Waals surface area contributed by atoms with Crippen LogP contribution in [0, 0.1) is 6.92 Å². The molecule has 0 bridgehead atoms. The zero-order valence-electron chi connectivity index (χ0n) is 13.6. The summed E-state index contributed by atoms with van der Waals surface area (Å²) < 4.78 is 0. The predicted octanol–water partition coefficient (Wildman–Crippen LogP) is 2.92. The fourth-order valence-electron chi connectivity index (χ4n) is 3.10. The minimum Gasteiger partial charge on any atom is -0.343 e. The summed E-state index contributed by atoms with van der Waals surface area (Å²) in [6.07, 6.45) is 4.45. The Bertz CT molecular complexity index is 464. The first kappa shape index (κ1) is 16.0. The third kappa shape index (κ3) is 5.16. The van der Waals surface area contributed by atoms with Gasteiger partial charge in [-0.15, -0.1) is 0 Å². The number of hydrogen-bond acceptors (Lipinski definition) is 2. The van der Waals surface area contributed by atoms with Crippen LogP contribution in [0.5, 0.6) is 0 Å². The van der Waals surface area contributed by atoms with Crippen LogP contribution in [0.25, 0.3) is 0 Å². The summed E-state index contributed by atoms with van der Waals surface area (Å²) in [7, 11) is 0. The second-order valence-corrected chi connectivity index (χ2v) is 6.38. The number of carbonyl (C=O) groups excluding carboxylic acids is 1. The van der Waals surface area contributed by atoms with Crippen molar-refractivity contribution in [2.75, 3.05) is 13.1 Å². The molecule has 1 aromatic rings. The maximum Gasteiger partial charge on any atom is 0.219 e. The third-order valence-corrected chi connectivity index (χ3v) is 4.41. The van der Waals surface area contributed by atoms with E-state index in [9.17, 15) is 4.79 Å². The van der Waals surface area contributed by atoms with Gasteiger partial charge in [0.2, 0.25) is 5.91 Å². The van der Waals surface area contributed by atoms with Crippen molar-refractivity contribution in [3.05, 3.63) is 35.4 Å².